The van der Waals surface area contributed by atoms with Crippen molar-refractivity contribution in [1.82, 2.24) is 24.6 Å². The average molecular weight is 512 g/mol. The molecule has 0 radical (unpaired) electrons. The van der Waals surface area contributed by atoms with Gasteiger partial charge in [0.1, 0.15) is 5.75 Å². The third-order valence-corrected chi connectivity index (χ3v) is 9.31. The molecule has 2 aliphatic heterocycles. The van der Waals surface area contributed by atoms with Crippen LogP contribution in [0.2, 0.25) is 0 Å². The van der Waals surface area contributed by atoms with Crippen molar-refractivity contribution >= 4 is 26.8 Å². The summed E-state index contributed by atoms with van der Waals surface area (Å²) in [6.45, 7) is 3.78. The third kappa shape index (κ3) is 4.59. The summed E-state index contributed by atoms with van der Waals surface area (Å²) in [7, 11) is 2.48. The minimum atomic E-state index is -3.11. The van der Waals surface area contributed by atoms with Crippen LogP contribution in [0, 0.1) is 6.92 Å². The second kappa shape index (κ2) is 9.48. The largest absolute Gasteiger partial charge is 0.497 e. The zero-order valence-electron chi connectivity index (χ0n) is 21.3. The molecule has 4 heterocycles. The summed E-state index contributed by atoms with van der Waals surface area (Å²) in [6.07, 6.45) is 2.35. The summed E-state index contributed by atoms with van der Waals surface area (Å²) in [5.41, 5.74) is 3.29. The highest BCUT2D eigenvalue weighted by Crippen LogP contribution is 2.33. The molecule has 0 aliphatic carbocycles. The molecule has 1 aromatic carbocycles. The number of pyridine rings is 1. The second-order valence-corrected chi connectivity index (χ2v) is 12.2. The molecule has 36 heavy (non-hydrogen) atoms. The summed E-state index contributed by atoms with van der Waals surface area (Å²) < 4.78 is 31.5. The summed E-state index contributed by atoms with van der Waals surface area (Å²) in [6, 6.07) is 9.27. The number of likely N-dealkylation sites (tertiary alicyclic amines) is 1. The number of sulfone groups is 1. The van der Waals surface area contributed by atoms with Crippen LogP contribution in [-0.2, 0) is 9.84 Å². The van der Waals surface area contributed by atoms with Crippen molar-refractivity contribution in [2.24, 2.45) is 0 Å². The van der Waals surface area contributed by atoms with E-state index in [4.69, 9.17) is 14.8 Å². The molecule has 192 valence electrons. The molecule has 2 aliphatic rings. The Morgan fingerprint density at radius 2 is 1.83 bits per heavy atom. The van der Waals surface area contributed by atoms with Gasteiger partial charge in [-0.05, 0) is 76.7 Å². The van der Waals surface area contributed by atoms with Gasteiger partial charge in [0.15, 0.2) is 15.5 Å². The fourth-order valence-corrected chi connectivity index (χ4v) is 7.04. The van der Waals surface area contributed by atoms with Crippen molar-refractivity contribution in [2.75, 3.05) is 45.8 Å². The molecule has 5 rings (SSSR count). The highest BCUT2D eigenvalue weighted by Gasteiger charge is 2.33. The number of ether oxygens (including phenoxy) is 1. The van der Waals surface area contributed by atoms with Gasteiger partial charge in [-0.3, -0.25) is 4.79 Å². The van der Waals surface area contributed by atoms with E-state index in [0.717, 1.165) is 37.2 Å². The molecule has 2 saturated heterocycles. The Balaban J connectivity index is 1.63. The Kier molecular flexibility index (Phi) is 6.50. The molecule has 1 atom stereocenters. The van der Waals surface area contributed by atoms with Gasteiger partial charge in [0.25, 0.3) is 5.91 Å². The molecule has 10 heteroatoms. The number of carbonyl (C=O) groups is 1. The first-order valence-corrected chi connectivity index (χ1v) is 14.2. The maximum absolute atomic E-state index is 13.9. The van der Waals surface area contributed by atoms with Crippen LogP contribution in [0.3, 0.4) is 0 Å². The Morgan fingerprint density at radius 3 is 2.44 bits per heavy atom. The number of benzene rings is 1. The number of piperidine rings is 1. The molecule has 1 amide bonds. The van der Waals surface area contributed by atoms with E-state index >= 15 is 0 Å². The standard InChI is InChI=1S/C26H33N5O4S/c1-17-24-22(26(32)30(3)19-9-12-29(2)13-10-19)15-23(18-5-7-21(35-4)8-6-18)27-25(24)31(28-17)20-11-14-36(33,34)16-20/h5-8,15,19-20H,9-14,16H2,1-4H3. The lowest BCUT2D eigenvalue weighted by Crippen LogP contribution is -2.44. The molecule has 3 aromatic rings. The molecular weight excluding hydrogens is 478 g/mol. The van der Waals surface area contributed by atoms with Gasteiger partial charge >= 0.3 is 0 Å². The van der Waals surface area contributed by atoms with Gasteiger partial charge in [0.05, 0.1) is 47.0 Å². The van der Waals surface area contributed by atoms with Gasteiger partial charge in [0, 0.05) is 18.7 Å². The lowest BCUT2D eigenvalue weighted by atomic mass is 10.0. The maximum atomic E-state index is 13.9. The molecule has 0 spiro atoms. The highest BCUT2D eigenvalue weighted by molar-refractivity contribution is 7.91. The number of methoxy groups -OCH3 is 1. The SMILES string of the molecule is COc1ccc(-c2cc(C(=O)N(C)C3CCN(C)CC3)c3c(C)nn(C4CCS(=O)(=O)C4)c3n2)cc1. The fourth-order valence-electron chi connectivity index (χ4n) is 5.35. The van der Waals surface area contributed by atoms with E-state index in [1.54, 1.807) is 11.8 Å². The lowest BCUT2D eigenvalue weighted by Gasteiger charge is -2.35. The van der Waals surface area contributed by atoms with Gasteiger partial charge < -0.3 is 14.5 Å². The Bertz CT molecular complexity index is 1390. The third-order valence-electron chi connectivity index (χ3n) is 7.56. The molecule has 2 fully saturated rings. The van der Waals surface area contributed by atoms with Crippen LogP contribution in [0.1, 0.15) is 41.4 Å². The second-order valence-electron chi connectivity index (χ2n) is 10.0. The van der Waals surface area contributed by atoms with E-state index in [-0.39, 0.29) is 29.5 Å². The van der Waals surface area contributed by atoms with E-state index in [1.165, 1.54) is 0 Å². The first-order chi connectivity index (χ1) is 17.2. The first kappa shape index (κ1) is 24.7. The van der Waals surface area contributed by atoms with Crippen LogP contribution in [0.4, 0.5) is 0 Å². The number of carbonyl (C=O) groups excluding carboxylic acids is 1. The van der Waals surface area contributed by atoms with Crippen LogP contribution in [0.15, 0.2) is 30.3 Å². The Hall–Kier alpha value is -2.98. The Labute approximate surface area is 212 Å². The van der Waals surface area contributed by atoms with Crippen LogP contribution in [0.5, 0.6) is 5.75 Å². The van der Waals surface area contributed by atoms with Crippen molar-refractivity contribution in [3.05, 3.63) is 41.6 Å². The number of aryl methyl sites for hydroxylation is 1. The number of aromatic nitrogens is 3. The topological polar surface area (TPSA) is 97.6 Å². The zero-order chi connectivity index (χ0) is 25.6. The minimum absolute atomic E-state index is 0.0381. The predicted molar refractivity (Wildman–Crippen MR) is 139 cm³/mol. The highest BCUT2D eigenvalue weighted by atomic mass is 32.2. The quantitative estimate of drug-likeness (QED) is 0.519. The molecule has 0 bridgehead atoms. The van der Waals surface area contributed by atoms with E-state index in [9.17, 15) is 13.2 Å². The number of fused-ring (bicyclic) bond motifs is 1. The number of amides is 1. The summed E-state index contributed by atoms with van der Waals surface area (Å²) in [4.78, 5) is 23.0. The summed E-state index contributed by atoms with van der Waals surface area (Å²) in [5.74, 6) is 0.848. The van der Waals surface area contributed by atoms with Crippen molar-refractivity contribution in [3.63, 3.8) is 0 Å². The molecular formula is C26H33N5O4S. The summed E-state index contributed by atoms with van der Waals surface area (Å²) >= 11 is 0. The van der Waals surface area contributed by atoms with Crippen LogP contribution in [0.25, 0.3) is 22.3 Å². The number of nitrogens with zero attached hydrogens (tertiary/aromatic N) is 5. The number of hydrogen-bond acceptors (Lipinski definition) is 7. The normalized spacial score (nSPS) is 20.6. The summed E-state index contributed by atoms with van der Waals surface area (Å²) in [5, 5.41) is 5.41. The molecule has 0 N–H and O–H groups in total. The first-order valence-electron chi connectivity index (χ1n) is 12.4. The predicted octanol–water partition coefficient (Wildman–Crippen LogP) is 2.94. The van der Waals surface area contributed by atoms with Crippen molar-refractivity contribution in [2.45, 2.75) is 38.3 Å². The smallest absolute Gasteiger partial charge is 0.254 e. The van der Waals surface area contributed by atoms with Gasteiger partial charge in [-0.1, -0.05) is 0 Å². The molecule has 1 unspecified atom stereocenters. The van der Waals surface area contributed by atoms with Crippen LogP contribution < -0.4 is 4.74 Å². The van der Waals surface area contributed by atoms with E-state index in [2.05, 4.69) is 11.9 Å². The van der Waals surface area contributed by atoms with Gasteiger partial charge in [0.2, 0.25) is 0 Å². The van der Waals surface area contributed by atoms with Crippen LogP contribution >= 0.6 is 0 Å². The maximum Gasteiger partial charge on any atom is 0.254 e. The van der Waals surface area contributed by atoms with Crippen molar-refractivity contribution in [1.29, 1.82) is 0 Å². The Morgan fingerprint density at radius 1 is 1.14 bits per heavy atom. The van der Waals surface area contributed by atoms with Crippen molar-refractivity contribution in [3.8, 4) is 17.0 Å². The minimum Gasteiger partial charge on any atom is -0.497 e. The fraction of sp³-hybridized carbons (Fsp3) is 0.500. The van der Waals surface area contributed by atoms with Gasteiger partial charge in [-0.25, -0.2) is 18.1 Å². The average Bonchev–Trinajstić information content (AvgIpc) is 3.41. The van der Waals surface area contributed by atoms with Gasteiger partial charge in [-0.15, -0.1) is 0 Å². The van der Waals surface area contributed by atoms with Gasteiger partial charge in [-0.2, -0.15) is 5.10 Å². The van der Waals surface area contributed by atoms with Crippen molar-refractivity contribution < 1.29 is 17.9 Å². The van der Waals surface area contributed by atoms with E-state index < -0.39 is 9.84 Å². The van der Waals surface area contributed by atoms with E-state index in [1.807, 2.05) is 49.2 Å². The van der Waals surface area contributed by atoms with Crippen LogP contribution in [-0.4, -0.2) is 90.7 Å². The lowest BCUT2D eigenvalue weighted by molar-refractivity contribution is 0.0661. The zero-order valence-corrected chi connectivity index (χ0v) is 22.1. The number of hydrogen-bond donors (Lipinski definition) is 0. The number of rotatable bonds is 5. The molecule has 0 saturated carbocycles. The monoisotopic (exact) mass is 511 g/mol. The molecule has 2 aromatic heterocycles. The molecule has 9 nitrogen and oxygen atoms in total. The van der Waals surface area contributed by atoms with E-state index in [0.29, 0.717) is 34.4 Å².